The summed E-state index contributed by atoms with van der Waals surface area (Å²) in [6.45, 7) is 0. The molecule has 1 aromatic rings. The summed E-state index contributed by atoms with van der Waals surface area (Å²) in [5.41, 5.74) is 0.847. The van der Waals surface area contributed by atoms with Crippen LogP contribution in [0.4, 0.5) is 0 Å². The minimum Gasteiger partial charge on any atom is -0.481 e. The number of carboxylic acid groups (broad SMARTS) is 1. The number of aliphatic carboxylic acids is 1. The van der Waals surface area contributed by atoms with E-state index in [4.69, 9.17) is 10.2 Å². The summed E-state index contributed by atoms with van der Waals surface area (Å²) in [5, 5.41) is 13.7. The van der Waals surface area contributed by atoms with Gasteiger partial charge in [0.2, 0.25) is 10.0 Å². The number of hydrogen-bond donors (Lipinski definition) is 2. The molecule has 86 valence electrons. The summed E-state index contributed by atoms with van der Waals surface area (Å²) in [7, 11) is -3.67. The van der Waals surface area contributed by atoms with Gasteiger partial charge in [-0.3, -0.25) is 4.79 Å². The Morgan fingerprint density at radius 1 is 1.31 bits per heavy atom. The lowest BCUT2D eigenvalue weighted by molar-refractivity contribution is -0.138. The minimum absolute atomic E-state index is 0.00651. The van der Waals surface area contributed by atoms with Crippen LogP contribution < -0.4 is 5.14 Å². The van der Waals surface area contributed by atoms with E-state index in [-0.39, 0.29) is 16.7 Å². The van der Waals surface area contributed by atoms with Crippen molar-refractivity contribution in [2.24, 2.45) is 11.1 Å². The van der Waals surface area contributed by atoms with Crippen molar-refractivity contribution in [3.63, 3.8) is 0 Å². The van der Waals surface area contributed by atoms with Gasteiger partial charge < -0.3 is 5.11 Å². The second-order valence-electron chi connectivity index (χ2n) is 3.90. The molecule has 0 spiro atoms. The lowest BCUT2D eigenvalue weighted by Crippen LogP contribution is -2.11. The first-order valence-corrected chi connectivity index (χ1v) is 6.30. The molecular weight excluding hydrogens is 230 g/mol. The highest BCUT2D eigenvalue weighted by Gasteiger charge is 2.44. The Hall–Kier alpha value is -1.40. The van der Waals surface area contributed by atoms with Gasteiger partial charge in [0.05, 0.1) is 10.8 Å². The summed E-state index contributed by atoms with van der Waals surface area (Å²) in [6, 6.07) is 6.05. The van der Waals surface area contributed by atoms with Gasteiger partial charge in [0.25, 0.3) is 0 Å². The van der Waals surface area contributed by atoms with E-state index in [1.54, 1.807) is 12.1 Å². The van der Waals surface area contributed by atoms with Crippen molar-refractivity contribution in [2.45, 2.75) is 17.2 Å². The molecule has 16 heavy (non-hydrogen) atoms. The van der Waals surface area contributed by atoms with E-state index in [1.165, 1.54) is 12.1 Å². The Morgan fingerprint density at radius 2 is 1.88 bits per heavy atom. The Labute approximate surface area is 92.9 Å². The van der Waals surface area contributed by atoms with Crippen LogP contribution in [0.15, 0.2) is 29.2 Å². The molecule has 2 rings (SSSR count). The van der Waals surface area contributed by atoms with Crippen LogP contribution in [-0.4, -0.2) is 19.5 Å². The van der Waals surface area contributed by atoms with Crippen LogP contribution in [0.1, 0.15) is 17.9 Å². The topological polar surface area (TPSA) is 97.5 Å². The number of nitrogens with two attached hydrogens (primary N) is 1. The van der Waals surface area contributed by atoms with Gasteiger partial charge in [-0.25, -0.2) is 13.6 Å². The maximum absolute atomic E-state index is 11.0. The smallest absolute Gasteiger partial charge is 0.307 e. The Kier molecular flexibility index (Phi) is 2.47. The number of sulfonamides is 1. The zero-order valence-electron chi connectivity index (χ0n) is 8.33. The molecule has 1 aliphatic carbocycles. The molecule has 1 aliphatic rings. The van der Waals surface area contributed by atoms with Crippen molar-refractivity contribution < 1.29 is 18.3 Å². The summed E-state index contributed by atoms with van der Waals surface area (Å²) in [5.74, 6) is -1.13. The second kappa shape index (κ2) is 3.57. The Morgan fingerprint density at radius 3 is 2.25 bits per heavy atom. The van der Waals surface area contributed by atoms with Crippen molar-refractivity contribution in [1.29, 1.82) is 0 Å². The summed E-state index contributed by atoms with van der Waals surface area (Å²) < 4.78 is 22.0. The molecule has 0 amide bonds. The first-order chi connectivity index (χ1) is 7.39. The molecule has 1 aromatic carbocycles. The average Bonchev–Trinajstić information content (AvgIpc) is 2.96. The fourth-order valence-electron chi connectivity index (χ4n) is 1.74. The molecule has 0 radical (unpaired) electrons. The van der Waals surface area contributed by atoms with Gasteiger partial charge in [-0.05, 0) is 30.0 Å². The molecule has 0 unspecified atom stereocenters. The van der Waals surface area contributed by atoms with Crippen molar-refractivity contribution in [2.75, 3.05) is 0 Å². The number of benzene rings is 1. The number of primary sulfonamides is 1. The van der Waals surface area contributed by atoms with E-state index in [0.29, 0.717) is 6.42 Å². The van der Waals surface area contributed by atoms with E-state index < -0.39 is 16.0 Å². The van der Waals surface area contributed by atoms with Crippen LogP contribution in [0.25, 0.3) is 0 Å². The molecule has 5 nitrogen and oxygen atoms in total. The van der Waals surface area contributed by atoms with Crippen LogP contribution in [0.2, 0.25) is 0 Å². The van der Waals surface area contributed by atoms with Gasteiger partial charge in [0, 0.05) is 0 Å². The van der Waals surface area contributed by atoms with Gasteiger partial charge in [-0.1, -0.05) is 12.1 Å². The van der Waals surface area contributed by atoms with Gasteiger partial charge in [0.1, 0.15) is 0 Å². The first-order valence-electron chi connectivity index (χ1n) is 4.75. The van der Waals surface area contributed by atoms with Gasteiger partial charge in [-0.15, -0.1) is 0 Å². The molecule has 2 atom stereocenters. The zero-order valence-corrected chi connectivity index (χ0v) is 9.15. The summed E-state index contributed by atoms with van der Waals surface area (Å²) in [6.07, 6.45) is 0.615. The lowest BCUT2D eigenvalue weighted by atomic mass is 10.1. The number of carboxylic acids is 1. The first kappa shape index (κ1) is 11.1. The number of hydrogen-bond acceptors (Lipinski definition) is 3. The SMILES string of the molecule is NS(=O)(=O)c1ccc([C@H]2C[C@@H]2C(=O)O)cc1. The molecule has 1 fully saturated rings. The van der Waals surface area contributed by atoms with E-state index >= 15 is 0 Å². The third-order valence-electron chi connectivity index (χ3n) is 2.74. The maximum Gasteiger partial charge on any atom is 0.307 e. The van der Waals surface area contributed by atoms with Crippen LogP contribution in [0.5, 0.6) is 0 Å². The molecule has 0 aromatic heterocycles. The minimum atomic E-state index is -3.67. The van der Waals surface area contributed by atoms with Crippen molar-refractivity contribution in [3.05, 3.63) is 29.8 Å². The normalized spacial score (nSPS) is 24.1. The van der Waals surface area contributed by atoms with Gasteiger partial charge >= 0.3 is 5.97 Å². The zero-order chi connectivity index (χ0) is 11.9. The molecule has 6 heteroatoms. The summed E-state index contributed by atoms with van der Waals surface area (Å²) >= 11 is 0. The van der Waals surface area contributed by atoms with E-state index in [1.807, 2.05) is 0 Å². The number of carbonyl (C=O) groups is 1. The maximum atomic E-state index is 11.0. The summed E-state index contributed by atoms with van der Waals surface area (Å²) in [4.78, 5) is 10.7. The predicted octanol–water partition coefficient (Wildman–Crippen LogP) is 0.522. The van der Waals surface area contributed by atoms with Crippen molar-refractivity contribution in [1.82, 2.24) is 0 Å². The average molecular weight is 241 g/mol. The molecule has 0 bridgehead atoms. The quantitative estimate of drug-likeness (QED) is 0.806. The molecule has 1 saturated carbocycles. The van der Waals surface area contributed by atoms with E-state index in [9.17, 15) is 13.2 Å². The van der Waals surface area contributed by atoms with Gasteiger partial charge in [-0.2, -0.15) is 0 Å². The highest BCUT2D eigenvalue weighted by Crippen LogP contribution is 2.47. The third-order valence-corrected chi connectivity index (χ3v) is 3.67. The van der Waals surface area contributed by atoms with Crippen LogP contribution in [-0.2, 0) is 14.8 Å². The molecular formula is C10H11NO4S. The van der Waals surface area contributed by atoms with E-state index in [2.05, 4.69) is 0 Å². The third kappa shape index (κ3) is 2.07. The van der Waals surface area contributed by atoms with E-state index in [0.717, 1.165) is 5.56 Å². The predicted molar refractivity (Wildman–Crippen MR) is 56.3 cm³/mol. The van der Waals surface area contributed by atoms with Crippen LogP contribution >= 0.6 is 0 Å². The monoisotopic (exact) mass is 241 g/mol. The number of rotatable bonds is 3. The van der Waals surface area contributed by atoms with Crippen LogP contribution in [0.3, 0.4) is 0 Å². The highest BCUT2D eigenvalue weighted by molar-refractivity contribution is 7.89. The Bertz CT molecular complexity index is 520. The molecule has 0 heterocycles. The lowest BCUT2D eigenvalue weighted by Gasteiger charge is -2.01. The van der Waals surface area contributed by atoms with Gasteiger partial charge in [0.15, 0.2) is 0 Å². The largest absolute Gasteiger partial charge is 0.481 e. The molecule has 3 N–H and O–H groups in total. The fourth-order valence-corrected chi connectivity index (χ4v) is 2.26. The second-order valence-corrected chi connectivity index (χ2v) is 5.46. The Balaban J connectivity index is 2.19. The highest BCUT2D eigenvalue weighted by atomic mass is 32.2. The standard InChI is InChI=1S/C10H11NO4S/c11-16(14,15)7-3-1-6(2-4-7)8-5-9(8)10(12)13/h1-4,8-9H,5H2,(H,12,13)(H2,11,14,15)/t8-,9+/m1/s1. The van der Waals surface area contributed by atoms with Crippen molar-refractivity contribution in [3.8, 4) is 0 Å². The van der Waals surface area contributed by atoms with Crippen molar-refractivity contribution >= 4 is 16.0 Å². The van der Waals surface area contributed by atoms with Crippen LogP contribution in [0, 0.1) is 5.92 Å². The molecule has 0 aliphatic heterocycles. The molecule has 0 saturated heterocycles. The fraction of sp³-hybridized carbons (Fsp3) is 0.300.